The third-order valence-corrected chi connectivity index (χ3v) is 7.30. The Bertz CT molecular complexity index is 1970. The summed E-state index contributed by atoms with van der Waals surface area (Å²) in [5, 5.41) is 3.64. The van der Waals surface area contributed by atoms with Crippen molar-refractivity contribution in [3.63, 3.8) is 0 Å². The topological polar surface area (TPSA) is 124 Å². The van der Waals surface area contributed by atoms with E-state index in [1.807, 2.05) is 0 Å². The van der Waals surface area contributed by atoms with E-state index in [1.165, 1.54) is 17.4 Å². The monoisotopic (exact) mass is 568 g/mol. The zero-order chi connectivity index (χ0) is 28.1. The highest BCUT2D eigenvalue weighted by molar-refractivity contribution is 7.18. The molecule has 0 saturated carbocycles. The molecule has 0 spiro atoms. The molecule has 0 unspecified atom stereocenters. The second-order valence-corrected chi connectivity index (χ2v) is 10.4. The molecule has 40 heavy (non-hydrogen) atoms. The van der Waals surface area contributed by atoms with E-state index < -0.39 is 47.5 Å². The van der Waals surface area contributed by atoms with E-state index >= 15 is 0 Å². The minimum absolute atomic E-state index is 0.0866. The minimum atomic E-state index is -1.65. The quantitative estimate of drug-likeness (QED) is 0.302. The van der Waals surface area contributed by atoms with E-state index in [0.717, 1.165) is 31.8 Å². The Labute approximate surface area is 226 Å². The number of hydrogen-bond acceptors (Lipinski definition) is 8. The summed E-state index contributed by atoms with van der Waals surface area (Å²) >= 11 is 1.29. The largest absolute Gasteiger partial charge is 0.493 e. The van der Waals surface area contributed by atoms with Crippen molar-refractivity contribution in [2.45, 2.75) is 26.4 Å². The number of anilines is 2. The molecule has 0 aliphatic carbocycles. The van der Waals surface area contributed by atoms with Gasteiger partial charge in [-0.3, -0.25) is 9.36 Å². The van der Waals surface area contributed by atoms with Crippen LogP contribution < -0.4 is 27.0 Å². The number of nitrogens with one attached hydrogen (secondary N) is 2. The van der Waals surface area contributed by atoms with Crippen LogP contribution in [0.4, 0.5) is 24.8 Å². The Morgan fingerprint density at radius 2 is 1.80 bits per heavy atom. The molecule has 2 N–H and O–H groups in total. The maximum Gasteiger partial charge on any atom is 0.355 e. The van der Waals surface area contributed by atoms with Crippen molar-refractivity contribution in [3.05, 3.63) is 107 Å². The van der Waals surface area contributed by atoms with Gasteiger partial charge in [-0.1, -0.05) is 0 Å². The number of nitrogens with zero attached hydrogens (tertiary/aromatic N) is 4. The number of thiazole rings is 1. The highest BCUT2D eigenvalue weighted by Crippen LogP contribution is 2.29. The molecule has 6 rings (SSSR count). The van der Waals surface area contributed by atoms with Crippen molar-refractivity contribution in [2.75, 3.05) is 11.9 Å². The summed E-state index contributed by atoms with van der Waals surface area (Å²) in [6.45, 7) is 1.40. The van der Waals surface area contributed by atoms with Gasteiger partial charge in [0.1, 0.15) is 10.6 Å². The van der Waals surface area contributed by atoms with E-state index in [9.17, 15) is 27.6 Å². The molecule has 3 aromatic heterocycles. The molecule has 0 saturated heterocycles. The maximum atomic E-state index is 14.0. The fraction of sp³-hybridized carbons (Fsp3) is 0.192. The predicted molar refractivity (Wildman–Crippen MR) is 141 cm³/mol. The van der Waals surface area contributed by atoms with Crippen LogP contribution in [0.5, 0.6) is 5.75 Å². The van der Waals surface area contributed by atoms with Gasteiger partial charge in [-0.05, 0) is 54.4 Å². The fourth-order valence-electron chi connectivity index (χ4n) is 4.51. The fourth-order valence-corrected chi connectivity index (χ4v) is 5.30. The van der Waals surface area contributed by atoms with Crippen molar-refractivity contribution < 1.29 is 17.9 Å². The Balaban J connectivity index is 1.46. The highest BCUT2D eigenvalue weighted by atomic mass is 32.1. The Kier molecular flexibility index (Phi) is 6.25. The standard InChI is InChI=1S/C26H19F3N6O4S/c1-12-30-19-9-15(22(36)32-23(19)40-12)11-35-25(37)33-24(31-16-2-3-20-14(8-16)4-5-39-20)34(26(35)38)10-13-6-17(27)21(29)18(28)7-13/h2-3,6-9H,4-5,10-11H2,1H3,(H,32,36)(H,31,33,37). The highest BCUT2D eigenvalue weighted by Gasteiger charge is 2.19. The van der Waals surface area contributed by atoms with Gasteiger partial charge < -0.3 is 15.0 Å². The molecule has 0 bridgehead atoms. The number of ether oxygens (including phenoxy) is 1. The molecule has 5 aromatic rings. The lowest BCUT2D eigenvalue weighted by molar-refractivity contribution is 0.357. The van der Waals surface area contributed by atoms with Crippen LogP contribution in [0.15, 0.2) is 50.8 Å². The average Bonchev–Trinajstić information content (AvgIpc) is 3.52. The number of hydrogen-bond donors (Lipinski definition) is 2. The van der Waals surface area contributed by atoms with Crippen LogP contribution in [0.2, 0.25) is 0 Å². The molecule has 0 amide bonds. The van der Waals surface area contributed by atoms with Crippen LogP contribution in [0.1, 0.15) is 21.7 Å². The van der Waals surface area contributed by atoms with Crippen LogP contribution in [-0.2, 0) is 19.5 Å². The summed E-state index contributed by atoms with van der Waals surface area (Å²) in [5.74, 6) is -4.02. The number of fused-ring (bicyclic) bond motifs is 2. The van der Waals surface area contributed by atoms with Gasteiger partial charge in [0.15, 0.2) is 17.5 Å². The van der Waals surface area contributed by atoms with E-state index in [2.05, 4.69) is 20.3 Å². The second-order valence-electron chi connectivity index (χ2n) is 9.16. The number of pyridine rings is 1. The van der Waals surface area contributed by atoms with Crippen LogP contribution in [0.3, 0.4) is 0 Å². The third kappa shape index (κ3) is 4.66. The number of aryl methyl sites for hydroxylation is 1. The zero-order valence-corrected chi connectivity index (χ0v) is 21.6. The van der Waals surface area contributed by atoms with Crippen LogP contribution in [-0.4, -0.2) is 30.7 Å². The van der Waals surface area contributed by atoms with Gasteiger partial charge in [-0.15, -0.1) is 11.3 Å². The Hall–Kier alpha value is -4.72. The summed E-state index contributed by atoms with van der Waals surface area (Å²) in [7, 11) is 0. The van der Waals surface area contributed by atoms with E-state index in [4.69, 9.17) is 4.74 Å². The molecule has 14 heteroatoms. The van der Waals surface area contributed by atoms with Crippen LogP contribution in [0.25, 0.3) is 10.3 Å². The Morgan fingerprint density at radius 3 is 2.58 bits per heavy atom. The number of halogens is 3. The first-order chi connectivity index (χ1) is 19.2. The van der Waals surface area contributed by atoms with Crippen molar-refractivity contribution in [3.8, 4) is 5.75 Å². The van der Waals surface area contributed by atoms with Gasteiger partial charge in [0.05, 0.1) is 30.2 Å². The molecule has 2 aromatic carbocycles. The first-order valence-electron chi connectivity index (χ1n) is 12.0. The summed E-state index contributed by atoms with van der Waals surface area (Å²) in [5.41, 5.74) is -0.503. The second kappa shape index (κ2) is 9.79. The average molecular weight is 569 g/mol. The molecular formula is C26H19F3N6O4S. The lowest BCUT2D eigenvalue weighted by atomic mass is 10.1. The number of aromatic amines is 1. The van der Waals surface area contributed by atoms with Crippen LogP contribution in [0, 0.1) is 24.4 Å². The molecule has 0 atom stereocenters. The zero-order valence-electron chi connectivity index (χ0n) is 20.8. The van der Waals surface area contributed by atoms with Crippen molar-refractivity contribution in [1.29, 1.82) is 0 Å². The summed E-state index contributed by atoms with van der Waals surface area (Å²) in [6.07, 6.45) is 0.665. The van der Waals surface area contributed by atoms with E-state index in [-0.39, 0.29) is 17.1 Å². The number of H-pyrrole nitrogens is 1. The number of aromatic nitrogens is 5. The number of benzene rings is 2. The molecule has 4 heterocycles. The first kappa shape index (κ1) is 25.6. The lowest BCUT2D eigenvalue weighted by Crippen LogP contribution is -2.43. The van der Waals surface area contributed by atoms with Crippen LogP contribution >= 0.6 is 11.3 Å². The molecule has 0 radical (unpaired) electrons. The van der Waals surface area contributed by atoms with Crippen molar-refractivity contribution in [2.24, 2.45) is 0 Å². The molecule has 1 aliphatic rings. The summed E-state index contributed by atoms with van der Waals surface area (Å²) in [4.78, 5) is 51.0. The summed E-state index contributed by atoms with van der Waals surface area (Å²) in [6, 6.07) is 8.14. The molecule has 204 valence electrons. The van der Waals surface area contributed by atoms with Gasteiger partial charge in [-0.25, -0.2) is 32.3 Å². The normalized spacial score (nSPS) is 12.5. The van der Waals surface area contributed by atoms with Gasteiger partial charge in [-0.2, -0.15) is 4.98 Å². The molecular weight excluding hydrogens is 549 g/mol. The van der Waals surface area contributed by atoms with Crippen molar-refractivity contribution >= 4 is 33.3 Å². The summed E-state index contributed by atoms with van der Waals surface area (Å²) < 4.78 is 48.7. The van der Waals surface area contributed by atoms with Gasteiger partial charge in [0.25, 0.3) is 5.56 Å². The minimum Gasteiger partial charge on any atom is -0.493 e. The maximum absolute atomic E-state index is 14.0. The first-order valence-corrected chi connectivity index (χ1v) is 12.8. The molecule has 1 aliphatic heterocycles. The number of rotatable bonds is 6. The lowest BCUT2D eigenvalue weighted by Gasteiger charge is -2.16. The smallest absolute Gasteiger partial charge is 0.355 e. The van der Waals surface area contributed by atoms with Gasteiger partial charge in [0.2, 0.25) is 5.95 Å². The predicted octanol–water partition coefficient (Wildman–Crippen LogP) is 3.20. The molecule has 10 nitrogen and oxygen atoms in total. The van der Waals surface area contributed by atoms with E-state index in [1.54, 1.807) is 25.1 Å². The van der Waals surface area contributed by atoms with Gasteiger partial charge >= 0.3 is 11.4 Å². The molecule has 0 fully saturated rings. The van der Waals surface area contributed by atoms with Gasteiger partial charge in [0, 0.05) is 17.7 Å². The van der Waals surface area contributed by atoms with E-state index in [0.29, 0.717) is 34.8 Å². The van der Waals surface area contributed by atoms with Crippen molar-refractivity contribution in [1.82, 2.24) is 24.1 Å². The third-order valence-electron chi connectivity index (χ3n) is 6.40. The Morgan fingerprint density at radius 1 is 1.02 bits per heavy atom. The SMILES string of the molecule is Cc1nc2cc(Cn3c(=O)nc(Nc4ccc5c(c4)CCO5)n(Cc4cc(F)c(F)c(F)c4)c3=O)c(=O)[nH]c2s1.